The van der Waals surface area contributed by atoms with E-state index in [9.17, 15) is 9.59 Å². The van der Waals surface area contributed by atoms with Gasteiger partial charge >= 0.3 is 11.7 Å². The van der Waals surface area contributed by atoms with Crippen LogP contribution in [0.4, 0.5) is 10.7 Å². The van der Waals surface area contributed by atoms with Crippen LogP contribution in [0.25, 0.3) is 0 Å². The fourth-order valence-electron chi connectivity index (χ4n) is 1.47. The average Bonchev–Trinajstić information content (AvgIpc) is 2.63. The molecule has 2 N–H and O–H groups in total. The number of hydrogen-bond acceptors (Lipinski definition) is 5. The van der Waals surface area contributed by atoms with Crippen molar-refractivity contribution in [2.24, 2.45) is 16.3 Å². The molecule has 0 aliphatic rings. The van der Waals surface area contributed by atoms with Crippen molar-refractivity contribution in [3.8, 4) is 0 Å². The Morgan fingerprint density at radius 1 is 1.57 bits per heavy atom. The quantitative estimate of drug-likeness (QED) is 0.640. The normalized spacial score (nSPS) is 11.9. The van der Waals surface area contributed by atoms with E-state index in [4.69, 9.17) is 22.2 Å². The summed E-state index contributed by atoms with van der Waals surface area (Å²) in [5, 5.41) is 7.57. The predicted octanol–water partition coefficient (Wildman–Crippen LogP) is 0.806. The monoisotopic (exact) mass is 318 g/mol. The first kappa shape index (κ1) is 17.0. The second-order valence-corrected chi connectivity index (χ2v) is 5.74. The Labute approximate surface area is 127 Å². The van der Waals surface area contributed by atoms with Gasteiger partial charge in [-0.2, -0.15) is 0 Å². The molecule has 0 saturated heterocycles. The number of nitrogens with zero attached hydrogens (tertiary/aromatic N) is 5. The van der Waals surface area contributed by atoms with Crippen molar-refractivity contribution in [1.29, 1.82) is 0 Å². The summed E-state index contributed by atoms with van der Waals surface area (Å²) < 4.78 is 6.33. The van der Waals surface area contributed by atoms with Gasteiger partial charge in [0.05, 0.1) is 6.61 Å². The van der Waals surface area contributed by atoms with Crippen LogP contribution in [0, 0.1) is 5.41 Å². The van der Waals surface area contributed by atoms with E-state index < -0.39 is 11.7 Å². The van der Waals surface area contributed by atoms with E-state index in [1.54, 1.807) is 6.92 Å². The van der Waals surface area contributed by atoms with Crippen molar-refractivity contribution in [3.63, 3.8) is 0 Å². The largest absolute Gasteiger partial charge is 0.482 e. The summed E-state index contributed by atoms with van der Waals surface area (Å²) in [6, 6.07) is -0.764. The van der Waals surface area contributed by atoms with E-state index in [1.807, 2.05) is 20.8 Å². The van der Waals surface area contributed by atoms with Gasteiger partial charge in [-0.1, -0.05) is 20.8 Å². The molecule has 0 spiro atoms. The molecule has 0 atom stereocenters. The van der Waals surface area contributed by atoms with Gasteiger partial charge in [-0.05, 0) is 12.3 Å². The second kappa shape index (κ2) is 6.61. The van der Waals surface area contributed by atoms with Crippen molar-refractivity contribution in [1.82, 2.24) is 14.0 Å². The van der Waals surface area contributed by atoms with E-state index in [2.05, 4.69) is 10.2 Å². The number of carbonyl (C=O) groups excluding carboxylic acids is 1. The van der Waals surface area contributed by atoms with E-state index in [0.29, 0.717) is 10.8 Å². The maximum atomic E-state index is 11.9. The van der Waals surface area contributed by atoms with Crippen LogP contribution in [0.5, 0.6) is 0 Å². The minimum absolute atomic E-state index is 0.0756. The number of nitrogens with two attached hydrogens (primary N) is 1. The number of anilines is 1. The molecule has 0 unspecified atom stereocenters. The summed E-state index contributed by atoms with van der Waals surface area (Å²) in [6.45, 7) is 8.10. The van der Waals surface area contributed by atoms with Crippen LogP contribution in [0.2, 0.25) is 0 Å². The van der Waals surface area contributed by atoms with Gasteiger partial charge in [0.25, 0.3) is 5.95 Å². The first-order chi connectivity index (χ1) is 9.67. The summed E-state index contributed by atoms with van der Waals surface area (Å²) in [7, 11) is 0. The maximum Gasteiger partial charge on any atom is 0.384 e. The van der Waals surface area contributed by atoms with Crippen molar-refractivity contribution in [2.45, 2.75) is 27.7 Å². The molecule has 1 rings (SSSR count). The molecular weight excluding hydrogens is 300 g/mol. The number of carbonyl (C=O) groups is 1. The Balaban J connectivity index is 3.28. The van der Waals surface area contributed by atoms with Crippen LogP contribution in [0.15, 0.2) is 9.90 Å². The van der Waals surface area contributed by atoms with Gasteiger partial charge in [-0.25, -0.2) is 9.59 Å². The molecule has 0 aliphatic carbocycles. The molecule has 2 amide bonds. The number of aromatic nitrogens is 3. The summed E-state index contributed by atoms with van der Waals surface area (Å²) in [6.07, 6.45) is 1.07. The Morgan fingerprint density at radius 3 is 2.67 bits per heavy atom. The fourth-order valence-corrected chi connectivity index (χ4v) is 1.61. The minimum Gasteiger partial charge on any atom is -0.482 e. The smallest absolute Gasteiger partial charge is 0.384 e. The third kappa shape index (κ3) is 4.48. The van der Waals surface area contributed by atoms with Crippen molar-refractivity contribution < 1.29 is 9.53 Å². The highest BCUT2D eigenvalue weighted by molar-refractivity contribution is 6.14. The lowest BCUT2D eigenvalue weighted by Crippen LogP contribution is -2.43. The van der Waals surface area contributed by atoms with Crippen LogP contribution in [0.3, 0.4) is 0 Å². The van der Waals surface area contributed by atoms with Gasteiger partial charge in [0.1, 0.15) is 0 Å². The molecule has 9 nitrogen and oxygen atoms in total. The number of primary amides is 1. The summed E-state index contributed by atoms with van der Waals surface area (Å²) in [5.41, 5.74) is 4.35. The Bertz CT molecular complexity index is 586. The molecule has 0 fully saturated rings. The molecule has 0 aromatic carbocycles. The lowest BCUT2D eigenvalue weighted by Gasteiger charge is -2.26. The van der Waals surface area contributed by atoms with E-state index in [-0.39, 0.29) is 17.9 Å². The number of amides is 2. The Kier molecular flexibility index (Phi) is 5.36. The second-order valence-electron chi connectivity index (χ2n) is 5.42. The highest BCUT2D eigenvalue weighted by Gasteiger charge is 2.27. The summed E-state index contributed by atoms with van der Waals surface area (Å²) >= 11 is 5.65. The summed E-state index contributed by atoms with van der Waals surface area (Å²) in [5.74, 6) is -0.0756. The molecule has 1 aromatic heterocycles. The van der Waals surface area contributed by atoms with Crippen LogP contribution < -0.4 is 16.3 Å². The van der Waals surface area contributed by atoms with Gasteiger partial charge < -0.3 is 10.5 Å². The zero-order valence-electron chi connectivity index (χ0n) is 12.4. The maximum absolute atomic E-state index is 11.9. The summed E-state index contributed by atoms with van der Waals surface area (Å²) in [4.78, 5) is 24.6. The topological polar surface area (TPSA) is 108 Å². The molecular formula is C11H19ClN6O3. The number of halogens is 1. The predicted molar refractivity (Wildman–Crippen MR) is 79.6 cm³/mol. The average molecular weight is 319 g/mol. The molecule has 21 heavy (non-hydrogen) atoms. The van der Waals surface area contributed by atoms with Gasteiger partial charge in [0.15, 0.2) is 6.40 Å². The van der Waals surface area contributed by atoms with Crippen LogP contribution in [-0.2, 0) is 4.74 Å². The molecule has 10 heteroatoms. The van der Waals surface area contributed by atoms with E-state index in [1.165, 1.54) is 0 Å². The standard InChI is InChI=1S/C11H19ClN6O3/c1-5-21-7-14-17-9(15-18(12)10(17)20)16(8(13)19)6-11(2,3)4/h7H,5-6H2,1-4H3,(H2,13,19). The third-order valence-corrected chi connectivity index (χ3v) is 2.47. The lowest BCUT2D eigenvalue weighted by molar-refractivity contribution is 0.250. The highest BCUT2D eigenvalue weighted by atomic mass is 35.5. The number of urea groups is 1. The number of hydrogen-bond donors (Lipinski definition) is 1. The van der Waals surface area contributed by atoms with Gasteiger partial charge in [-0.15, -0.1) is 19.1 Å². The van der Waals surface area contributed by atoms with Crippen LogP contribution >= 0.6 is 11.8 Å². The zero-order chi connectivity index (χ0) is 16.2. The van der Waals surface area contributed by atoms with Crippen molar-refractivity contribution in [3.05, 3.63) is 10.5 Å². The number of ether oxygens (including phenoxy) is 1. The molecule has 0 bridgehead atoms. The first-order valence-electron chi connectivity index (χ1n) is 6.27. The van der Waals surface area contributed by atoms with Crippen molar-refractivity contribution in [2.75, 3.05) is 18.1 Å². The van der Waals surface area contributed by atoms with Gasteiger partial charge in [-0.3, -0.25) is 4.90 Å². The molecule has 0 radical (unpaired) electrons. The van der Waals surface area contributed by atoms with Gasteiger partial charge in [0.2, 0.25) is 0 Å². The fraction of sp³-hybridized carbons (Fsp3) is 0.636. The Hall–Kier alpha value is -2.03. The molecule has 0 saturated carbocycles. The molecule has 0 aliphatic heterocycles. The third-order valence-electron chi connectivity index (χ3n) is 2.25. The van der Waals surface area contributed by atoms with Gasteiger partial charge in [0, 0.05) is 18.3 Å². The van der Waals surface area contributed by atoms with E-state index in [0.717, 1.165) is 16.0 Å². The van der Waals surface area contributed by atoms with Crippen molar-refractivity contribution >= 4 is 30.2 Å². The minimum atomic E-state index is -0.764. The van der Waals surface area contributed by atoms with Crippen LogP contribution in [-0.4, -0.2) is 39.6 Å². The molecule has 1 heterocycles. The molecule has 1 aromatic rings. The highest BCUT2D eigenvalue weighted by Crippen LogP contribution is 2.19. The zero-order valence-corrected chi connectivity index (χ0v) is 13.2. The van der Waals surface area contributed by atoms with E-state index >= 15 is 0 Å². The SMILES string of the molecule is CCOC=Nn1c(N(CC(C)(C)C)C(N)=O)nn(Cl)c1=O. The van der Waals surface area contributed by atoms with Crippen LogP contribution in [0.1, 0.15) is 27.7 Å². The Morgan fingerprint density at radius 2 is 2.19 bits per heavy atom. The molecule has 118 valence electrons. The number of rotatable bonds is 5. The lowest BCUT2D eigenvalue weighted by atomic mass is 9.96. The first-order valence-corrected chi connectivity index (χ1v) is 6.61.